The zero-order chi connectivity index (χ0) is 15.2. The molecule has 0 bridgehead atoms. The van der Waals surface area contributed by atoms with Gasteiger partial charge in [0, 0.05) is 0 Å². The third-order valence-corrected chi connectivity index (χ3v) is 3.30. The molecule has 0 aliphatic rings. The van der Waals surface area contributed by atoms with Gasteiger partial charge in [-0.15, -0.1) is 0 Å². The molecule has 0 saturated heterocycles. The third-order valence-electron chi connectivity index (χ3n) is 2.77. The normalized spacial score (nSPS) is 9.81. The number of ether oxygens (including phenoxy) is 3. The van der Waals surface area contributed by atoms with Crippen LogP contribution in [0, 0.1) is 11.3 Å². The molecular weight excluding hydrogens is 336 g/mol. The van der Waals surface area contributed by atoms with Gasteiger partial charge in [0.05, 0.1) is 14.2 Å². The van der Waals surface area contributed by atoms with E-state index < -0.39 is 0 Å². The molecule has 0 N–H and O–H groups in total. The number of rotatable bonds is 5. The Kier molecular flexibility index (Phi) is 5.01. The highest BCUT2D eigenvalue weighted by atomic mass is 79.9. The summed E-state index contributed by atoms with van der Waals surface area (Å²) in [5.41, 5.74) is 1.11. The van der Waals surface area contributed by atoms with Crippen molar-refractivity contribution >= 4 is 15.9 Å². The lowest BCUT2D eigenvalue weighted by Gasteiger charge is -2.15. The molecule has 0 spiro atoms. The van der Waals surface area contributed by atoms with E-state index in [1.165, 1.54) is 14.2 Å². The summed E-state index contributed by atoms with van der Waals surface area (Å²) in [6, 6.07) is 11.6. The summed E-state index contributed by atoms with van der Waals surface area (Å²) in [5, 5.41) is 9.21. The molecule has 5 nitrogen and oxygen atoms in total. The van der Waals surface area contributed by atoms with Gasteiger partial charge in [0.25, 0.3) is 0 Å². The quantitative estimate of drug-likeness (QED) is 0.775. The lowest BCUT2D eigenvalue weighted by atomic mass is 10.2. The zero-order valence-corrected chi connectivity index (χ0v) is 13.2. The minimum atomic E-state index is 0.135. The summed E-state index contributed by atoms with van der Waals surface area (Å²) in [4.78, 5) is 4.11. The number of methoxy groups -OCH3 is 2. The predicted octanol–water partition coefficient (Wildman–Crippen LogP) is 3.31. The largest absolute Gasteiger partial charge is 0.490 e. The van der Waals surface area contributed by atoms with Crippen molar-refractivity contribution in [1.82, 2.24) is 4.98 Å². The van der Waals surface area contributed by atoms with Gasteiger partial charge in [0.1, 0.15) is 12.7 Å². The average Bonchev–Trinajstić information content (AvgIpc) is 2.53. The lowest BCUT2D eigenvalue weighted by Crippen LogP contribution is -2.04. The molecule has 0 amide bonds. The van der Waals surface area contributed by atoms with Crippen molar-refractivity contribution < 1.29 is 14.2 Å². The Morgan fingerprint density at radius 1 is 1.10 bits per heavy atom. The van der Waals surface area contributed by atoms with Crippen molar-refractivity contribution in [3.05, 3.63) is 46.2 Å². The van der Waals surface area contributed by atoms with E-state index in [2.05, 4.69) is 20.9 Å². The fraction of sp³-hybridized carbons (Fsp3) is 0.200. The van der Waals surface area contributed by atoms with Crippen molar-refractivity contribution in [3.63, 3.8) is 0 Å². The topological polar surface area (TPSA) is 64.4 Å². The monoisotopic (exact) mass is 348 g/mol. The molecule has 1 heterocycles. The number of hydrogen-bond donors (Lipinski definition) is 0. The van der Waals surface area contributed by atoms with Crippen LogP contribution < -0.4 is 14.2 Å². The van der Waals surface area contributed by atoms with Crippen LogP contribution in [-0.4, -0.2) is 19.2 Å². The molecule has 2 aromatic rings. The summed E-state index contributed by atoms with van der Waals surface area (Å²) >= 11 is 3.25. The van der Waals surface area contributed by atoms with Gasteiger partial charge < -0.3 is 14.2 Å². The second kappa shape index (κ2) is 6.95. The standard InChI is InChI=1S/C15H13BrN2O3/c1-19-13-12(21-9-10-6-4-3-5-7-10)11(8-17)18-15(16)14(13)20-2/h3-7H,9H2,1-2H3. The Morgan fingerprint density at radius 2 is 1.76 bits per heavy atom. The first-order valence-electron chi connectivity index (χ1n) is 6.09. The number of hydrogen-bond acceptors (Lipinski definition) is 5. The number of aromatic nitrogens is 1. The summed E-state index contributed by atoms with van der Waals surface area (Å²) in [6.45, 7) is 0.304. The summed E-state index contributed by atoms with van der Waals surface area (Å²) in [6.07, 6.45) is 0. The summed E-state index contributed by atoms with van der Waals surface area (Å²) in [7, 11) is 2.98. The van der Waals surface area contributed by atoms with E-state index in [0.717, 1.165) is 5.56 Å². The fourth-order valence-electron chi connectivity index (χ4n) is 1.81. The highest BCUT2D eigenvalue weighted by Crippen LogP contribution is 2.43. The first kappa shape index (κ1) is 15.1. The highest BCUT2D eigenvalue weighted by molar-refractivity contribution is 9.10. The van der Waals surface area contributed by atoms with Gasteiger partial charge >= 0.3 is 0 Å². The zero-order valence-electron chi connectivity index (χ0n) is 11.6. The van der Waals surface area contributed by atoms with Gasteiger partial charge in [0.15, 0.2) is 16.0 Å². The van der Waals surface area contributed by atoms with Crippen LogP contribution in [0.1, 0.15) is 11.3 Å². The molecule has 2 rings (SSSR count). The van der Waals surface area contributed by atoms with Crippen molar-refractivity contribution in [3.8, 4) is 23.3 Å². The molecule has 0 saturated carbocycles. The molecule has 0 atom stereocenters. The number of pyridine rings is 1. The number of nitrogens with zero attached hydrogens (tertiary/aromatic N) is 2. The molecule has 0 unspecified atom stereocenters. The van der Waals surface area contributed by atoms with E-state index in [9.17, 15) is 5.26 Å². The van der Waals surface area contributed by atoms with Crippen LogP contribution in [0.3, 0.4) is 0 Å². The Bertz CT molecular complexity index is 669. The second-order valence-corrected chi connectivity index (χ2v) is 4.78. The minimum Gasteiger partial charge on any atom is -0.490 e. The number of benzene rings is 1. The van der Waals surface area contributed by atoms with E-state index in [-0.39, 0.29) is 11.4 Å². The maximum Gasteiger partial charge on any atom is 0.209 e. The van der Waals surface area contributed by atoms with E-state index in [1.807, 2.05) is 36.4 Å². The van der Waals surface area contributed by atoms with E-state index >= 15 is 0 Å². The molecule has 1 aromatic heterocycles. The first-order chi connectivity index (χ1) is 10.2. The van der Waals surface area contributed by atoms with Crippen molar-refractivity contribution in [2.24, 2.45) is 0 Å². The molecular formula is C15H13BrN2O3. The molecule has 6 heteroatoms. The summed E-state index contributed by atoms with van der Waals surface area (Å²) in [5.74, 6) is 0.996. The van der Waals surface area contributed by atoms with Crippen LogP contribution in [-0.2, 0) is 6.61 Å². The van der Waals surface area contributed by atoms with Gasteiger partial charge in [-0.2, -0.15) is 5.26 Å². The maximum absolute atomic E-state index is 9.21. The van der Waals surface area contributed by atoms with Crippen LogP contribution in [0.2, 0.25) is 0 Å². The molecule has 1 aromatic carbocycles. The molecule has 0 fully saturated rings. The number of nitriles is 1. The van der Waals surface area contributed by atoms with Crippen LogP contribution in [0.5, 0.6) is 17.2 Å². The Labute approximate surface area is 131 Å². The third kappa shape index (κ3) is 3.26. The van der Waals surface area contributed by atoms with Gasteiger partial charge in [-0.05, 0) is 21.5 Å². The predicted molar refractivity (Wildman–Crippen MR) is 80.5 cm³/mol. The minimum absolute atomic E-state index is 0.135. The second-order valence-electron chi connectivity index (χ2n) is 4.03. The van der Waals surface area contributed by atoms with E-state index in [1.54, 1.807) is 0 Å². The molecule has 21 heavy (non-hydrogen) atoms. The average molecular weight is 349 g/mol. The lowest BCUT2D eigenvalue weighted by molar-refractivity contribution is 0.272. The van der Waals surface area contributed by atoms with Crippen molar-refractivity contribution in [1.29, 1.82) is 5.26 Å². The fourth-order valence-corrected chi connectivity index (χ4v) is 2.33. The first-order valence-corrected chi connectivity index (χ1v) is 6.88. The van der Waals surface area contributed by atoms with E-state index in [4.69, 9.17) is 14.2 Å². The Hall–Kier alpha value is -2.26. The SMILES string of the molecule is COc1c(Br)nc(C#N)c(OCc2ccccc2)c1OC. The molecule has 0 radical (unpaired) electrons. The molecule has 0 aliphatic carbocycles. The van der Waals surface area contributed by atoms with Crippen LogP contribution in [0.25, 0.3) is 0 Å². The Balaban J connectivity index is 2.39. The molecule has 108 valence electrons. The highest BCUT2D eigenvalue weighted by Gasteiger charge is 2.22. The maximum atomic E-state index is 9.21. The summed E-state index contributed by atoms with van der Waals surface area (Å²) < 4.78 is 16.7. The van der Waals surface area contributed by atoms with Crippen LogP contribution in [0.15, 0.2) is 34.9 Å². The molecule has 0 aliphatic heterocycles. The van der Waals surface area contributed by atoms with Crippen molar-refractivity contribution in [2.75, 3.05) is 14.2 Å². The smallest absolute Gasteiger partial charge is 0.209 e. The van der Waals surface area contributed by atoms with Gasteiger partial charge in [-0.1, -0.05) is 30.3 Å². The van der Waals surface area contributed by atoms with Crippen LogP contribution >= 0.6 is 15.9 Å². The van der Waals surface area contributed by atoms with Gasteiger partial charge in [0.2, 0.25) is 11.5 Å². The van der Waals surface area contributed by atoms with Gasteiger partial charge in [-0.3, -0.25) is 0 Å². The number of halogens is 1. The van der Waals surface area contributed by atoms with E-state index in [0.29, 0.717) is 22.7 Å². The van der Waals surface area contributed by atoms with Crippen molar-refractivity contribution in [2.45, 2.75) is 6.61 Å². The Morgan fingerprint density at radius 3 is 2.33 bits per heavy atom. The van der Waals surface area contributed by atoms with Crippen LogP contribution in [0.4, 0.5) is 0 Å². The van der Waals surface area contributed by atoms with Gasteiger partial charge in [-0.25, -0.2) is 4.98 Å².